The molecule has 1 aliphatic rings. The molecule has 2 aromatic rings. The second kappa shape index (κ2) is 6.05. The van der Waals surface area contributed by atoms with Gasteiger partial charge in [-0.2, -0.15) is 4.39 Å². The van der Waals surface area contributed by atoms with Crippen molar-refractivity contribution in [3.8, 4) is 0 Å². The number of carbonyl (C=O) groups excluding carboxylic acids is 1. The number of hydrogen-bond donors (Lipinski definition) is 0. The summed E-state index contributed by atoms with van der Waals surface area (Å²) in [7, 11) is 0. The summed E-state index contributed by atoms with van der Waals surface area (Å²) in [5.41, 5.74) is 0.0389. The first-order valence-corrected chi connectivity index (χ1v) is 6.88. The lowest BCUT2D eigenvalue weighted by molar-refractivity contribution is 0.0615. The Hall–Kier alpha value is -2.21. The summed E-state index contributed by atoms with van der Waals surface area (Å²) in [5, 5.41) is 0. The molecular weight excluding hydrogens is 273 g/mol. The van der Waals surface area contributed by atoms with Crippen LogP contribution in [0.2, 0.25) is 0 Å². The summed E-state index contributed by atoms with van der Waals surface area (Å²) in [4.78, 5) is 19.7. The van der Waals surface area contributed by atoms with Crippen molar-refractivity contribution in [1.29, 1.82) is 0 Å². The summed E-state index contributed by atoms with van der Waals surface area (Å²) in [6, 6.07) is 6.84. The van der Waals surface area contributed by atoms with Crippen LogP contribution < -0.4 is 0 Å². The van der Waals surface area contributed by atoms with Crippen molar-refractivity contribution in [2.24, 2.45) is 0 Å². The highest BCUT2D eigenvalue weighted by molar-refractivity contribution is 5.94. The number of hydrogen-bond acceptors (Lipinski definition) is 4. The quantitative estimate of drug-likeness (QED) is 0.808. The monoisotopic (exact) mass is 289 g/mol. The number of carbonyl (C=O) groups is 1. The molecule has 0 unspecified atom stereocenters. The fourth-order valence-corrected chi connectivity index (χ4v) is 2.45. The van der Waals surface area contributed by atoms with Crippen LogP contribution in [0.5, 0.6) is 0 Å². The average molecular weight is 289 g/mol. The predicted octanol–water partition coefficient (Wildman–Crippen LogP) is 1.77. The first kappa shape index (κ1) is 13.8. The summed E-state index contributed by atoms with van der Waals surface area (Å²) in [5.74, 6) is -0.0909. The number of pyridine rings is 1. The van der Waals surface area contributed by atoms with E-state index in [-0.39, 0.29) is 11.5 Å². The van der Waals surface area contributed by atoms with Gasteiger partial charge in [0.25, 0.3) is 5.91 Å². The molecule has 21 heavy (non-hydrogen) atoms. The van der Waals surface area contributed by atoms with E-state index in [4.69, 9.17) is 4.42 Å². The first-order chi connectivity index (χ1) is 10.2. The van der Waals surface area contributed by atoms with Crippen molar-refractivity contribution >= 4 is 5.91 Å². The molecule has 0 aromatic carbocycles. The second-order valence-electron chi connectivity index (χ2n) is 4.99. The van der Waals surface area contributed by atoms with Gasteiger partial charge in [-0.3, -0.25) is 9.69 Å². The second-order valence-corrected chi connectivity index (χ2v) is 4.99. The van der Waals surface area contributed by atoms with Crippen LogP contribution in [0.3, 0.4) is 0 Å². The van der Waals surface area contributed by atoms with Crippen molar-refractivity contribution in [3.05, 3.63) is 54.0 Å². The Morgan fingerprint density at radius 1 is 1.24 bits per heavy atom. The van der Waals surface area contributed by atoms with E-state index in [1.807, 2.05) is 12.1 Å². The van der Waals surface area contributed by atoms with Gasteiger partial charge in [-0.15, -0.1) is 0 Å². The minimum absolute atomic E-state index is 0.0389. The van der Waals surface area contributed by atoms with Gasteiger partial charge in [-0.1, -0.05) is 0 Å². The lowest BCUT2D eigenvalue weighted by atomic mass is 10.2. The lowest BCUT2D eigenvalue weighted by Crippen LogP contribution is -2.48. The molecule has 1 amide bonds. The van der Waals surface area contributed by atoms with E-state index in [1.54, 1.807) is 17.2 Å². The number of furan rings is 1. The van der Waals surface area contributed by atoms with Gasteiger partial charge in [0.15, 0.2) is 0 Å². The molecule has 2 aromatic heterocycles. The molecule has 5 nitrogen and oxygen atoms in total. The summed E-state index contributed by atoms with van der Waals surface area (Å²) in [6.07, 6.45) is 2.99. The van der Waals surface area contributed by atoms with Crippen molar-refractivity contribution in [1.82, 2.24) is 14.8 Å². The third-order valence-corrected chi connectivity index (χ3v) is 3.61. The van der Waals surface area contributed by atoms with Gasteiger partial charge in [-0.25, -0.2) is 4.98 Å². The molecule has 0 N–H and O–H groups in total. The zero-order valence-electron chi connectivity index (χ0n) is 11.5. The van der Waals surface area contributed by atoms with Gasteiger partial charge in [0.2, 0.25) is 5.95 Å². The van der Waals surface area contributed by atoms with Gasteiger partial charge >= 0.3 is 0 Å². The molecule has 1 saturated heterocycles. The SMILES string of the molecule is O=C(c1cccnc1F)N1CCN(Cc2ccco2)CC1. The molecule has 0 bridgehead atoms. The number of halogens is 1. The van der Waals surface area contributed by atoms with E-state index < -0.39 is 5.95 Å². The van der Waals surface area contributed by atoms with Crippen LogP contribution in [-0.4, -0.2) is 46.9 Å². The van der Waals surface area contributed by atoms with E-state index in [2.05, 4.69) is 9.88 Å². The number of nitrogens with zero attached hydrogens (tertiary/aromatic N) is 3. The average Bonchev–Trinajstić information content (AvgIpc) is 3.01. The summed E-state index contributed by atoms with van der Waals surface area (Å²) >= 11 is 0. The highest BCUT2D eigenvalue weighted by Gasteiger charge is 2.24. The van der Waals surface area contributed by atoms with Crippen LogP contribution in [0.25, 0.3) is 0 Å². The van der Waals surface area contributed by atoms with Crippen LogP contribution >= 0.6 is 0 Å². The highest BCUT2D eigenvalue weighted by Crippen LogP contribution is 2.13. The Bertz CT molecular complexity index is 607. The molecule has 3 heterocycles. The molecule has 0 aliphatic carbocycles. The molecule has 0 atom stereocenters. The third-order valence-electron chi connectivity index (χ3n) is 3.61. The molecule has 110 valence electrons. The van der Waals surface area contributed by atoms with E-state index in [1.165, 1.54) is 12.3 Å². The van der Waals surface area contributed by atoms with Crippen LogP contribution in [-0.2, 0) is 6.54 Å². The third kappa shape index (κ3) is 3.11. The molecular formula is C15H16FN3O2. The van der Waals surface area contributed by atoms with Gasteiger partial charge in [0, 0.05) is 32.4 Å². The van der Waals surface area contributed by atoms with Crippen molar-refractivity contribution in [2.45, 2.75) is 6.54 Å². The maximum absolute atomic E-state index is 13.5. The normalized spacial score (nSPS) is 16.1. The number of amides is 1. The number of rotatable bonds is 3. The van der Waals surface area contributed by atoms with E-state index in [9.17, 15) is 9.18 Å². The predicted molar refractivity (Wildman–Crippen MR) is 74.1 cm³/mol. The number of piperazine rings is 1. The zero-order valence-corrected chi connectivity index (χ0v) is 11.5. The van der Waals surface area contributed by atoms with Crippen molar-refractivity contribution in [3.63, 3.8) is 0 Å². The smallest absolute Gasteiger partial charge is 0.258 e. The molecule has 1 fully saturated rings. The standard InChI is InChI=1S/C15H16FN3O2/c16-14-13(4-1-5-17-14)15(20)19-8-6-18(7-9-19)11-12-3-2-10-21-12/h1-5,10H,6-9,11H2. The fraction of sp³-hybridized carbons (Fsp3) is 0.333. The van der Waals surface area contributed by atoms with E-state index in [0.717, 1.165) is 25.4 Å². The molecule has 0 saturated carbocycles. The Labute approximate surface area is 122 Å². The minimum atomic E-state index is -0.708. The molecule has 0 spiro atoms. The topological polar surface area (TPSA) is 49.6 Å². The van der Waals surface area contributed by atoms with E-state index >= 15 is 0 Å². The van der Waals surface area contributed by atoms with Gasteiger partial charge in [0.1, 0.15) is 5.76 Å². The Morgan fingerprint density at radius 3 is 2.71 bits per heavy atom. The van der Waals surface area contributed by atoms with Gasteiger partial charge in [-0.05, 0) is 24.3 Å². The van der Waals surface area contributed by atoms with Crippen LogP contribution in [0.1, 0.15) is 16.1 Å². The molecule has 1 aliphatic heterocycles. The molecule has 6 heteroatoms. The number of aromatic nitrogens is 1. The Balaban J connectivity index is 1.58. The first-order valence-electron chi connectivity index (χ1n) is 6.88. The maximum Gasteiger partial charge on any atom is 0.258 e. The highest BCUT2D eigenvalue weighted by atomic mass is 19.1. The largest absolute Gasteiger partial charge is 0.468 e. The van der Waals surface area contributed by atoms with Gasteiger partial charge < -0.3 is 9.32 Å². The molecule has 0 radical (unpaired) electrons. The molecule has 3 rings (SSSR count). The Morgan fingerprint density at radius 2 is 2.05 bits per heavy atom. The zero-order chi connectivity index (χ0) is 14.7. The van der Waals surface area contributed by atoms with E-state index in [0.29, 0.717) is 13.1 Å². The summed E-state index contributed by atoms with van der Waals surface area (Å²) < 4.78 is 18.9. The Kier molecular flexibility index (Phi) is 3.96. The van der Waals surface area contributed by atoms with Crippen molar-refractivity contribution < 1.29 is 13.6 Å². The summed E-state index contributed by atoms with van der Waals surface area (Å²) in [6.45, 7) is 3.38. The van der Waals surface area contributed by atoms with Crippen LogP contribution in [0, 0.1) is 5.95 Å². The minimum Gasteiger partial charge on any atom is -0.468 e. The van der Waals surface area contributed by atoms with Crippen molar-refractivity contribution in [2.75, 3.05) is 26.2 Å². The lowest BCUT2D eigenvalue weighted by Gasteiger charge is -2.34. The van der Waals surface area contributed by atoms with Gasteiger partial charge in [0.05, 0.1) is 18.4 Å². The van der Waals surface area contributed by atoms with Crippen LogP contribution in [0.4, 0.5) is 4.39 Å². The van der Waals surface area contributed by atoms with Crippen LogP contribution in [0.15, 0.2) is 41.1 Å². The fourth-order valence-electron chi connectivity index (χ4n) is 2.45. The maximum atomic E-state index is 13.5.